The summed E-state index contributed by atoms with van der Waals surface area (Å²) in [6.07, 6.45) is 2.88. The number of imidazole rings is 1. The average molecular weight is 525 g/mol. The summed E-state index contributed by atoms with van der Waals surface area (Å²) in [5.74, 6) is 1.91. The highest BCUT2D eigenvalue weighted by Gasteiger charge is 2.15. The topological polar surface area (TPSA) is 111 Å². The van der Waals surface area contributed by atoms with Gasteiger partial charge < -0.3 is 24.9 Å². The summed E-state index contributed by atoms with van der Waals surface area (Å²) in [5.41, 5.74) is 9.47. The minimum Gasteiger partial charge on any atom is -0.494 e. The maximum atomic E-state index is 12.8. The van der Waals surface area contributed by atoms with E-state index in [0.29, 0.717) is 53.9 Å². The van der Waals surface area contributed by atoms with Crippen LogP contribution < -0.4 is 20.5 Å². The highest BCUT2D eigenvalue weighted by atomic mass is 32.2. The molecule has 0 aliphatic carbocycles. The van der Waals surface area contributed by atoms with E-state index in [1.807, 2.05) is 37.3 Å². The monoisotopic (exact) mass is 524 g/mol. The van der Waals surface area contributed by atoms with E-state index in [2.05, 4.69) is 41.8 Å². The molecule has 37 heavy (non-hydrogen) atoms. The second-order valence-electron chi connectivity index (χ2n) is 8.55. The molecule has 0 bridgehead atoms. The summed E-state index contributed by atoms with van der Waals surface area (Å²) in [6.45, 7) is 11.5. The number of hydrogen-bond acceptors (Lipinski definition) is 7. The van der Waals surface area contributed by atoms with Crippen molar-refractivity contribution >= 4 is 23.6 Å². The Morgan fingerprint density at radius 2 is 2.00 bits per heavy atom. The molecular formula is C28H36N4O4S. The smallest absolute Gasteiger partial charge is 0.231 e. The lowest BCUT2D eigenvalue weighted by atomic mass is 9.97. The largest absolute Gasteiger partial charge is 0.494 e. The number of amides is 1. The first-order valence-corrected chi connectivity index (χ1v) is 13.1. The van der Waals surface area contributed by atoms with Crippen molar-refractivity contribution < 1.29 is 19.0 Å². The second kappa shape index (κ2) is 13.8. The molecule has 0 saturated carbocycles. The fourth-order valence-corrected chi connectivity index (χ4v) is 4.64. The number of rotatable bonds is 14. The Labute approximate surface area is 223 Å². The quantitative estimate of drug-likeness (QED) is 0.183. The van der Waals surface area contributed by atoms with Crippen LogP contribution in [0, 0.1) is 0 Å². The van der Waals surface area contributed by atoms with Crippen LogP contribution in [0.2, 0.25) is 0 Å². The molecule has 3 rings (SSSR count). The first-order chi connectivity index (χ1) is 17.8. The zero-order valence-corrected chi connectivity index (χ0v) is 22.7. The molecule has 0 radical (unpaired) electrons. The third kappa shape index (κ3) is 8.03. The van der Waals surface area contributed by atoms with E-state index in [0.717, 1.165) is 22.4 Å². The predicted molar refractivity (Wildman–Crippen MR) is 149 cm³/mol. The summed E-state index contributed by atoms with van der Waals surface area (Å²) in [5, 5.41) is 3.37. The number of ether oxygens (including phenoxy) is 3. The van der Waals surface area contributed by atoms with Gasteiger partial charge in [-0.25, -0.2) is 4.98 Å². The van der Waals surface area contributed by atoms with E-state index in [1.54, 1.807) is 13.3 Å². The van der Waals surface area contributed by atoms with Crippen LogP contribution in [0.5, 0.6) is 11.5 Å². The normalized spacial score (nSPS) is 11.7. The Morgan fingerprint density at radius 3 is 2.70 bits per heavy atom. The number of benzene rings is 2. The summed E-state index contributed by atoms with van der Waals surface area (Å²) in [7, 11) is 1.62. The molecule has 9 heteroatoms. The number of hydrogen-bond donors (Lipinski definition) is 3. The lowest BCUT2D eigenvalue weighted by Gasteiger charge is -2.16. The zero-order valence-electron chi connectivity index (χ0n) is 21.9. The Hall–Kier alpha value is -3.43. The molecule has 1 aromatic heterocycles. The summed E-state index contributed by atoms with van der Waals surface area (Å²) in [6, 6.07) is 11.7. The number of thioether (sulfide) groups is 1. The van der Waals surface area contributed by atoms with Crippen LogP contribution >= 0.6 is 11.8 Å². The van der Waals surface area contributed by atoms with Crippen LogP contribution in [0.1, 0.15) is 44.2 Å². The molecule has 0 unspecified atom stereocenters. The zero-order chi connectivity index (χ0) is 26.8. The van der Waals surface area contributed by atoms with Crippen molar-refractivity contribution in [3.05, 3.63) is 65.3 Å². The van der Waals surface area contributed by atoms with Gasteiger partial charge in [0.15, 0.2) is 0 Å². The van der Waals surface area contributed by atoms with Crippen molar-refractivity contribution in [1.82, 2.24) is 9.97 Å². The minimum absolute atomic E-state index is 0.178. The first kappa shape index (κ1) is 28.1. The molecule has 1 amide bonds. The van der Waals surface area contributed by atoms with Crippen LogP contribution in [-0.2, 0) is 16.0 Å². The van der Waals surface area contributed by atoms with Gasteiger partial charge in [-0.15, -0.1) is 0 Å². The maximum absolute atomic E-state index is 12.8. The standard InChI is InChI=1S/C28H36N4O4S/c1-6-18(3)22-10-8-20(14-26(22)37-19(4)29)15-27(33)32-28-30-17-24(31-28)23-11-9-21(35-7-2)16-25(23)36-13-12-34-5/h8-11,14,16-18H,4,6-7,12-13,15,29H2,1-3,5H3,(H2,30,31,32,33)/t18-/m1/s1. The van der Waals surface area contributed by atoms with Gasteiger partial charge in [-0.05, 0) is 48.6 Å². The van der Waals surface area contributed by atoms with Crippen LogP contribution in [0.15, 0.2) is 59.1 Å². The van der Waals surface area contributed by atoms with Crippen LogP contribution in [0.4, 0.5) is 5.95 Å². The van der Waals surface area contributed by atoms with Crippen molar-refractivity contribution in [2.45, 2.75) is 44.4 Å². The highest BCUT2D eigenvalue weighted by Crippen LogP contribution is 2.34. The lowest BCUT2D eigenvalue weighted by Crippen LogP contribution is -2.15. The third-order valence-electron chi connectivity index (χ3n) is 5.76. The SMILES string of the molecule is C=C(N)Sc1cc(CC(=O)Nc2ncc(-c3ccc(OCC)cc3OCCOC)[nH]2)ccc1[C@H](C)CC. The number of H-pyrrole nitrogens is 1. The van der Waals surface area contributed by atoms with Gasteiger partial charge in [0.1, 0.15) is 18.1 Å². The number of aromatic amines is 1. The molecular weight excluding hydrogens is 488 g/mol. The molecule has 8 nitrogen and oxygen atoms in total. The number of anilines is 1. The van der Waals surface area contributed by atoms with E-state index >= 15 is 0 Å². The Kier molecular flexibility index (Phi) is 10.5. The molecule has 1 heterocycles. The fraction of sp³-hybridized carbons (Fsp3) is 0.357. The molecule has 0 aliphatic rings. The van der Waals surface area contributed by atoms with Gasteiger partial charge in [0.2, 0.25) is 11.9 Å². The van der Waals surface area contributed by atoms with Gasteiger partial charge in [0.05, 0.1) is 36.6 Å². The lowest BCUT2D eigenvalue weighted by molar-refractivity contribution is -0.115. The number of nitrogens with two attached hydrogens (primary N) is 1. The first-order valence-electron chi connectivity index (χ1n) is 12.3. The molecule has 4 N–H and O–H groups in total. The van der Waals surface area contributed by atoms with Gasteiger partial charge in [0, 0.05) is 23.6 Å². The molecule has 0 spiro atoms. The third-order valence-corrected chi connectivity index (χ3v) is 6.60. The Balaban J connectivity index is 1.73. The number of carbonyl (C=O) groups excluding carboxylic acids is 1. The van der Waals surface area contributed by atoms with E-state index in [1.165, 1.54) is 17.3 Å². The number of nitrogens with one attached hydrogen (secondary N) is 2. The van der Waals surface area contributed by atoms with E-state index in [4.69, 9.17) is 19.9 Å². The molecule has 2 aromatic carbocycles. The number of carbonyl (C=O) groups is 1. The predicted octanol–water partition coefficient (Wildman–Crippen LogP) is 5.72. The number of methoxy groups -OCH3 is 1. The summed E-state index contributed by atoms with van der Waals surface area (Å²) in [4.78, 5) is 21.4. The summed E-state index contributed by atoms with van der Waals surface area (Å²) >= 11 is 1.43. The van der Waals surface area contributed by atoms with Crippen molar-refractivity contribution in [3.8, 4) is 22.8 Å². The van der Waals surface area contributed by atoms with Crippen LogP contribution in [0.25, 0.3) is 11.3 Å². The van der Waals surface area contributed by atoms with Gasteiger partial charge >= 0.3 is 0 Å². The Morgan fingerprint density at radius 1 is 1.19 bits per heavy atom. The van der Waals surface area contributed by atoms with Gasteiger partial charge in [-0.3, -0.25) is 10.1 Å². The fourth-order valence-electron chi connectivity index (χ4n) is 3.76. The summed E-state index contributed by atoms with van der Waals surface area (Å²) < 4.78 is 16.6. The van der Waals surface area contributed by atoms with Gasteiger partial charge in [-0.1, -0.05) is 44.3 Å². The number of aromatic nitrogens is 2. The van der Waals surface area contributed by atoms with E-state index < -0.39 is 0 Å². The molecule has 0 saturated heterocycles. The van der Waals surface area contributed by atoms with Crippen molar-refractivity contribution in [1.29, 1.82) is 0 Å². The molecule has 0 fully saturated rings. The second-order valence-corrected chi connectivity index (χ2v) is 9.72. The minimum atomic E-state index is -0.178. The number of nitrogens with zero attached hydrogens (tertiary/aromatic N) is 1. The van der Waals surface area contributed by atoms with E-state index in [-0.39, 0.29) is 12.3 Å². The van der Waals surface area contributed by atoms with E-state index in [9.17, 15) is 4.79 Å². The maximum Gasteiger partial charge on any atom is 0.231 e. The molecule has 3 aromatic rings. The Bertz CT molecular complexity index is 1210. The molecule has 0 aliphatic heterocycles. The highest BCUT2D eigenvalue weighted by molar-refractivity contribution is 8.03. The molecule has 198 valence electrons. The van der Waals surface area contributed by atoms with Crippen molar-refractivity contribution in [2.75, 3.05) is 32.2 Å². The van der Waals surface area contributed by atoms with Crippen LogP contribution in [0.3, 0.4) is 0 Å². The molecule has 1 atom stereocenters. The van der Waals surface area contributed by atoms with Crippen LogP contribution in [-0.4, -0.2) is 42.8 Å². The average Bonchev–Trinajstić information content (AvgIpc) is 3.32. The van der Waals surface area contributed by atoms with Gasteiger partial charge in [-0.2, -0.15) is 0 Å². The van der Waals surface area contributed by atoms with Crippen molar-refractivity contribution in [3.63, 3.8) is 0 Å². The van der Waals surface area contributed by atoms with Gasteiger partial charge in [0.25, 0.3) is 0 Å². The van der Waals surface area contributed by atoms with Crippen molar-refractivity contribution in [2.24, 2.45) is 5.73 Å².